The van der Waals surface area contributed by atoms with Crippen LogP contribution in [0.3, 0.4) is 0 Å². The Bertz CT molecular complexity index is 437. The van der Waals surface area contributed by atoms with Crippen LogP contribution >= 0.6 is 0 Å². The first-order valence-electron chi connectivity index (χ1n) is 5.50. The van der Waals surface area contributed by atoms with Crippen molar-refractivity contribution in [3.8, 4) is 0 Å². The lowest BCUT2D eigenvalue weighted by Crippen LogP contribution is -2.42. The average Bonchev–Trinajstić information content (AvgIpc) is 2.28. The molecule has 1 amide bonds. The quantitative estimate of drug-likeness (QED) is 0.810. The van der Waals surface area contributed by atoms with Crippen LogP contribution < -0.4 is 0 Å². The van der Waals surface area contributed by atoms with Crippen LogP contribution in [0, 0.1) is 11.6 Å². The van der Waals surface area contributed by atoms with Gasteiger partial charge in [-0.05, 0) is 25.0 Å². The van der Waals surface area contributed by atoms with E-state index in [2.05, 4.69) is 0 Å². The molecule has 1 atom stereocenters. The number of benzene rings is 1. The number of aliphatic hydroxyl groups is 1. The van der Waals surface area contributed by atoms with Crippen molar-refractivity contribution in [2.24, 2.45) is 0 Å². The zero-order valence-electron chi connectivity index (χ0n) is 9.20. The fourth-order valence-electron chi connectivity index (χ4n) is 1.97. The number of β-amino-alcohol motifs (C(OH)–C–C–N with tert-alkyl or cyclic N) is 1. The van der Waals surface area contributed by atoms with Gasteiger partial charge in [-0.2, -0.15) is 0 Å². The standard InChI is InChI=1S/C12H13F2NO2/c13-8-3-4-10(11(14)6-8)12(17)15-5-1-2-9(16)7-15/h3-4,6,9,16H,1-2,5,7H2/t9-/m1/s1. The Kier molecular flexibility index (Phi) is 3.38. The minimum absolute atomic E-state index is 0.152. The molecule has 1 aliphatic heterocycles. The first-order chi connectivity index (χ1) is 8.08. The van der Waals surface area contributed by atoms with Gasteiger partial charge in [0.25, 0.3) is 5.91 Å². The van der Waals surface area contributed by atoms with E-state index in [-0.39, 0.29) is 12.1 Å². The van der Waals surface area contributed by atoms with E-state index in [9.17, 15) is 18.7 Å². The van der Waals surface area contributed by atoms with E-state index in [1.54, 1.807) is 0 Å². The number of nitrogens with zero attached hydrogens (tertiary/aromatic N) is 1. The summed E-state index contributed by atoms with van der Waals surface area (Å²) in [6.45, 7) is 0.697. The molecule has 17 heavy (non-hydrogen) atoms. The van der Waals surface area contributed by atoms with Crippen LogP contribution in [0.4, 0.5) is 8.78 Å². The van der Waals surface area contributed by atoms with E-state index < -0.39 is 23.6 Å². The Hall–Kier alpha value is -1.49. The van der Waals surface area contributed by atoms with E-state index in [0.717, 1.165) is 12.1 Å². The third-order valence-corrected chi connectivity index (χ3v) is 2.85. The number of aliphatic hydroxyl groups excluding tert-OH is 1. The topological polar surface area (TPSA) is 40.5 Å². The summed E-state index contributed by atoms with van der Waals surface area (Å²) < 4.78 is 26.1. The SMILES string of the molecule is O=C(c1ccc(F)cc1F)N1CCC[C@@H](O)C1. The molecule has 1 heterocycles. The predicted octanol–water partition coefficient (Wildman–Crippen LogP) is 1.56. The third-order valence-electron chi connectivity index (χ3n) is 2.85. The third kappa shape index (κ3) is 2.61. The molecule has 1 saturated heterocycles. The molecule has 0 unspecified atom stereocenters. The van der Waals surface area contributed by atoms with Gasteiger partial charge in [0, 0.05) is 19.2 Å². The van der Waals surface area contributed by atoms with E-state index in [1.807, 2.05) is 0 Å². The Morgan fingerprint density at radius 1 is 1.41 bits per heavy atom. The summed E-state index contributed by atoms with van der Waals surface area (Å²) in [6, 6.07) is 2.87. The lowest BCUT2D eigenvalue weighted by Gasteiger charge is -2.30. The molecule has 5 heteroatoms. The van der Waals surface area contributed by atoms with Gasteiger partial charge in [0.15, 0.2) is 0 Å². The molecule has 0 aliphatic carbocycles. The fraction of sp³-hybridized carbons (Fsp3) is 0.417. The molecule has 1 aromatic rings. The van der Waals surface area contributed by atoms with Gasteiger partial charge in [-0.1, -0.05) is 0 Å². The monoisotopic (exact) mass is 241 g/mol. The first-order valence-corrected chi connectivity index (χ1v) is 5.50. The predicted molar refractivity (Wildman–Crippen MR) is 57.5 cm³/mol. The second kappa shape index (κ2) is 4.79. The molecule has 1 aromatic carbocycles. The van der Waals surface area contributed by atoms with Crippen molar-refractivity contribution in [3.63, 3.8) is 0 Å². The average molecular weight is 241 g/mol. The Morgan fingerprint density at radius 3 is 2.82 bits per heavy atom. The highest BCUT2D eigenvalue weighted by atomic mass is 19.1. The molecule has 0 spiro atoms. The molecule has 0 aromatic heterocycles. The number of hydrogen-bond donors (Lipinski definition) is 1. The summed E-state index contributed by atoms with van der Waals surface area (Å²) >= 11 is 0. The molecule has 3 nitrogen and oxygen atoms in total. The Balaban J connectivity index is 2.18. The molecule has 1 aliphatic rings. The van der Waals surface area contributed by atoms with Crippen LogP contribution in [0.5, 0.6) is 0 Å². The van der Waals surface area contributed by atoms with Crippen LogP contribution in [0.1, 0.15) is 23.2 Å². The summed E-state index contributed by atoms with van der Waals surface area (Å²) in [6.07, 6.45) is 0.780. The number of piperidine rings is 1. The molecule has 0 bridgehead atoms. The largest absolute Gasteiger partial charge is 0.391 e. The molecule has 1 N–H and O–H groups in total. The minimum Gasteiger partial charge on any atom is -0.391 e. The Labute approximate surface area is 97.7 Å². The highest BCUT2D eigenvalue weighted by Gasteiger charge is 2.24. The maximum atomic E-state index is 13.4. The van der Waals surface area contributed by atoms with Gasteiger partial charge in [0.1, 0.15) is 11.6 Å². The van der Waals surface area contributed by atoms with Crippen LogP contribution in [0.15, 0.2) is 18.2 Å². The number of hydrogen-bond acceptors (Lipinski definition) is 2. The molecule has 92 valence electrons. The summed E-state index contributed by atoms with van der Waals surface area (Å²) in [5.41, 5.74) is -0.152. The summed E-state index contributed by atoms with van der Waals surface area (Å²) in [7, 11) is 0. The van der Waals surface area contributed by atoms with Gasteiger partial charge in [0.2, 0.25) is 0 Å². The second-order valence-electron chi connectivity index (χ2n) is 4.17. The molecular weight excluding hydrogens is 228 g/mol. The summed E-state index contributed by atoms with van der Waals surface area (Å²) in [5.74, 6) is -2.07. The van der Waals surface area contributed by atoms with Crippen LogP contribution in [-0.4, -0.2) is 35.1 Å². The van der Waals surface area contributed by atoms with Gasteiger partial charge in [-0.15, -0.1) is 0 Å². The maximum Gasteiger partial charge on any atom is 0.256 e. The van der Waals surface area contributed by atoms with E-state index in [1.165, 1.54) is 4.90 Å². The summed E-state index contributed by atoms with van der Waals surface area (Å²) in [4.78, 5) is 13.3. The van der Waals surface area contributed by atoms with E-state index >= 15 is 0 Å². The van der Waals surface area contributed by atoms with Gasteiger partial charge < -0.3 is 10.0 Å². The molecule has 0 radical (unpaired) electrons. The van der Waals surface area contributed by atoms with Crippen molar-refractivity contribution in [2.75, 3.05) is 13.1 Å². The first kappa shape index (κ1) is 12.0. The van der Waals surface area contributed by atoms with Crippen molar-refractivity contribution in [1.29, 1.82) is 0 Å². The van der Waals surface area contributed by atoms with Gasteiger partial charge in [0.05, 0.1) is 11.7 Å². The lowest BCUT2D eigenvalue weighted by atomic mass is 10.1. The van der Waals surface area contributed by atoms with Gasteiger partial charge in [-0.25, -0.2) is 8.78 Å². The van der Waals surface area contributed by atoms with Crippen LogP contribution in [0.2, 0.25) is 0 Å². The number of carbonyl (C=O) groups is 1. The van der Waals surface area contributed by atoms with Crippen molar-refractivity contribution in [3.05, 3.63) is 35.4 Å². The highest BCUT2D eigenvalue weighted by molar-refractivity contribution is 5.94. The van der Waals surface area contributed by atoms with Crippen molar-refractivity contribution in [2.45, 2.75) is 18.9 Å². The number of likely N-dealkylation sites (tertiary alicyclic amines) is 1. The molecule has 1 fully saturated rings. The van der Waals surface area contributed by atoms with E-state index in [4.69, 9.17) is 0 Å². The second-order valence-corrected chi connectivity index (χ2v) is 4.17. The fourth-order valence-corrected chi connectivity index (χ4v) is 1.97. The minimum atomic E-state index is -0.866. The lowest BCUT2D eigenvalue weighted by molar-refractivity contribution is 0.0470. The van der Waals surface area contributed by atoms with Crippen molar-refractivity contribution >= 4 is 5.91 Å². The normalized spacial score (nSPS) is 20.4. The van der Waals surface area contributed by atoms with Crippen LogP contribution in [0.25, 0.3) is 0 Å². The zero-order chi connectivity index (χ0) is 12.4. The van der Waals surface area contributed by atoms with Gasteiger partial charge in [-0.3, -0.25) is 4.79 Å². The van der Waals surface area contributed by atoms with E-state index in [0.29, 0.717) is 25.5 Å². The van der Waals surface area contributed by atoms with Gasteiger partial charge >= 0.3 is 0 Å². The smallest absolute Gasteiger partial charge is 0.256 e. The maximum absolute atomic E-state index is 13.4. The van der Waals surface area contributed by atoms with Crippen LogP contribution in [-0.2, 0) is 0 Å². The number of halogens is 2. The number of rotatable bonds is 1. The van der Waals surface area contributed by atoms with Crippen molar-refractivity contribution < 1.29 is 18.7 Å². The number of amides is 1. The zero-order valence-corrected chi connectivity index (χ0v) is 9.20. The summed E-state index contributed by atoms with van der Waals surface area (Å²) in [5, 5.41) is 9.44. The number of carbonyl (C=O) groups excluding carboxylic acids is 1. The molecule has 0 saturated carbocycles. The van der Waals surface area contributed by atoms with Crippen molar-refractivity contribution in [1.82, 2.24) is 4.90 Å². The molecule has 2 rings (SSSR count). The molecular formula is C12H13F2NO2. The highest BCUT2D eigenvalue weighted by Crippen LogP contribution is 2.16. The Morgan fingerprint density at radius 2 is 2.18 bits per heavy atom.